The first-order valence-corrected chi connectivity index (χ1v) is 7.16. The van der Waals surface area contributed by atoms with Gasteiger partial charge in [0.25, 0.3) is 5.91 Å². The average molecular weight is 317 g/mol. The molecule has 0 heterocycles. The van der Waals surface area contributed by atoms with Crippen molar-refractivity contribution in [2.45, 2.75) is 19.4 Å². The van der Waals surface area contributed by atoms with E-state index in [-0.39, 0.29) is 12.3 Å². The molecule has 0 saturated carbocycles. The second-order valence-corrected chi connectivity index (χ2v) is 5.46. The fraction of sp³-hybridized carbons (Fsp3) is 0.176. The van der Waals surface area contributed by atoms with Crippen LogP contribution in [0.25, 0.3) is 0 Å². The van der Waals surface area contributed by atoms with Crippen molar-refractivity contribution in [1.82, 2.24) is 5.32 Å². The molecule has 1 unspecified atom stereocenters. The van der Waals surface area contributed by atoms with Crippen LogP contribution >= 0.6 is 11.6 Å². The van der Waals surface area contributed by atoms with E-state index in [0.717, 1.165) is 5.56 Å². The van der Waals surface area contributed by atoms with E-state index in [4.69, 9.17) is 11.6 Å². The Labute approximate surface area is 133 Å². The van der Waals surface area contributed by atoms with Crippen molar-refractivity contribution in [3.8, 4) is 0 Å². The standard InChI is InChI=1S/C17H16ClNO3/c1-11-3-2-4-13(9-11)17(22)19-15(10-16(20)21)12-5-7-14(18)8-6-12/h2-9,15H,10H2,1H3,(H,19,22)(H,20,21)/p-1. The Kier molecular flexibility index (Phi) is 5.17. The molecule has 1 amide bonds. The second kappa shape index (κ2) is 7.09. The molecule has 2 aromatic rings. The van der Waals surface area contributed by atoms with Gasteiger partial charge in [-0.2, -0.15) is 0 Å². The van der Waals surface area contributed by atoms with Gasteiger partial charge in [0.2, 0.25) is 0 Å². The molecule has 114 valence electrons. The van der Waals surface area contributed by atoms with Crippen LogP contribution in [0.2, 0.25) is 5.02 Å². The van der Waals surface area contributed by atoms with Crippen molar-refractivity contribution < 1.29 is 14.7 Å². The third-order valence-corrected chi connectivity index (χ3v) is 3.48. The molecular weight excluding hydrogens is 302 g/mol. The summed E-state index contributed by atoms with van der Waals surface area (Å²) in [7, 11) is 0. The van der Waals surface area contributed by atoms with E-state index >= 15 is 0 Å². The normalized spacial score (nSPS) is 11.7. The van der Waals surface area contributed by atoms with Crippen molar-refractivity contribution in [2.24, 2.45) is 0 Å². The number of benzene rings is 2. The minimum atomic E-state index is -1.23. The molecule has 0 spiro atoms. The van der Waals surface area contributed by atoms with Gasteiger partial charge in [-0.15, -0.1) is 0 Å². The van der Waals surface area contributed by atoms with Gasteiger partial charge in [0.1, 0.15) is 0 Å². The molecular formula is C17H15ClNO3-. The number of aliphatic carboxylic acids is 1. The molecule has 0 saturated heterocycles. The maximum atomic E-state index is 12.3. The minimum Gasteiger partial charge on any atom is -0.550 e. The number of rotatable bonds is 5. The molecule has 0 aliphatic heterocycles. The van der Waals surface area contributed by atoms with Gasteiger partial charge in [-0.25, -0.2) is 0 Å². The summed E-state index contributed by atoms with van der Waals surface area (Å²) in [5, 5.41) is 14.2. The van der Waals surface area contributed by atoms with Gasteiger partial charge in [0.15, 0.2) is 0 Å². The smallest absolute Gasteiger partial charge is 0.251 e. The van der Waals surface area contributed by atoms with Gasteiger partial charge < -0.3 is 15.2 Å². The summed E-state index contributed by atoms with van der Waals surface area (Å²) in [6.07, 6.45) is -0.306. The first kappa shape index (κ1) is 16.0. The van der Waals surface area contributed by atoms with Crippen molar-refractivity contribution in [3.63, 3.8) is 0 Å². The first-order chi connectivity index (χ1) is 10.5. The van der Waals surface area contributed by atoms with Gasteiger partial charge in [0.05, 0.1) is 6.04 Å². The topological polar surface area (TPSA) is 69.2 Å². The highest BCUT2D eigenvalue weighted by atomic mass is 35.5. The van der Waals surface area contributed by atoms with E-state index in [1.165, 1.54) is 0 Å². The third-order valence-electron chi connectivity index (χ3n) is 3.23. The molecule has 1 N–H and O–H groups in total. The number of carbonyl (C=O) groups excluding carboxylic acids is 2. The molecule has 5 heteroatoms. The van der Waals surface area contributed by atoms with Crippen molar-refractivity contribution >= 4 is 23.5 Å². The van der Waals surface area contributed by atoms with E-state index in [0.29, 0.717) is 16.1 Å². The Morgan fingerprint density at radius 2 is 1.86 bits per heavy atom. The maximum absolute atomic E-state index is 12.3. The molecule has 0 aliphatic rings. The molecule has 0 aromatic heterocycles. The quantitative estimate of drug-likeness (QED) is 0.920. The number of carboxylic acid groups (broad SMARTS) is 1. The zero-order valence-electron chi connectivity index (χ0n) is 12.0. The summed E-state index contributed by atoms with van der Waals surface area (Å²) in [6.45, 7) is 1.88. The van der Waals surface area contributed by atoms with E-state index in [2.05, 4.69) is 5.32 Å². The summed E-state index contributed by atoms with van der Waals surface area (Å²) < 4.78 is 0. The van der Waals surface area contributed by atoms with Gasteiger partial charge in [-0.3, -0.25) is 4.79 Å². The van der Waals surface area contributed by atoms with Crippen LogP contribution < -0.4 is 10.4 Å². The fourth-order valence-corrected chi connectivity index (χ4v) is 2.27. The number of carboxylic acids is 1. The van der Waals surface area contributed by atoms with Crippen LogP contribution in [-0.2, 0) is 4.79 Å². The Morgan fingerprint density at radius 3 is 2.45 bits per heavy atom. The highest BCUT2D eigenvalue weighted by Gasteiger charge is 2.16. The Balaban J connectivity index is 2.21. The molecule has 22 heavy (non-hydrogen) atoms. The lowest BCUT2D eigenvalue weighted by molar-refractivity contribution is -0.306. The minimum absolute atomic E-state index is 0.306. The Hall–Kier alpha value is -2.33. The van der Waals surface area contributed by atoms with E-state index in [1.54, 1.807) is 42.5 Å². The molecule has 0 fully saturated rings. The number of nitrogens with one attached hydrogen (secondary N) is 1. The van der Waals surface area contributed by atoms with Crippen LogP contribution in [0.5, 0.6) is 0 Å². The number of halogens is 1. The largest absolute Gasteiger partial charge is 0.550 e. The highest BCUT2D eigenvalue weighted by molar-refractivity contribution is 6.30. The van der Waals surface area contributed by atoms with Crippen molar-refractivity contribution in [3.05, 3.63) is 70.2 Å². The molecule has 1 atom stereocenters. The second-order valence-electron chi connectivity index (χ2n) is 5.02. The molecule has 0 radical (unpaired) electrons. The lowest BCUT2D eigenvalue weighted by Crippen LogP contribution is -2.34. The van der Waals surface area contributed by atoms with Crippen molar-refractivity contribution in [1.29, 1.82) is 0 Å². The number of amides is 1. The van der Waals surface area contributed by atoms with Gasteiger partial charge in [-0.05, 0) is 36.8 Å². The molecule has 2 aromatic carbocycles. The highest BCUT2D eigenvalue weighted by Crippen LogP contribution is 2.20. The van der Waals surface area contributed by atoms with Crippen LogP contribution in [0.1, 0.15) is 33.9 Å². The summed E-state index contributed by atoms with van der Waals surface area (Å²) >= 11 is 5.83. The van der Waals surface area contributed by atoms with E-state index in [1.807, 2.05) is 13.0 Å². The average Bonchev–Trinajstić information content (AvgIpc) is 2.47. The van der Waals surface area contributed by atoms with Crippen LogP contribution in [0.4, 0.5) is 0 Å². The van der Waals surface area contributed by atoms with Gasteiger partial charge >= 0.3 is 0 Å². The van der Waals surface area contributed by atoms with Crippen LogP contribution in [0.3, 0.4) is 0 Å². The van der Waals surface area contributed by atoms with E-state index in [9.17, 15) is 14.7 Å². The summed E-state index contributed by atoms with van der Waals surface area (Å²) in [4.78, 5) is 23.2. The molecule has 4 nitrogen and oxygen atoms in total. The molecule has 2 rings (SSSR count). The van der Waals surface area contributed by atoms with Gasteiger partial charge in [0, 0.05) is 23.0 Å². The summed E-state index contributed by atoms with van der Waals surface area (Å²) in [5.41, 5.74) is 2.10. The molecule has 0 bridgehead atoms. The van der Waals surface area contributed by atoms with Crippen LogP contribution in [0, 0.1) is 6.92 Å². The zero-order chi connectivity index (χ0) is 16.1. The summed E-state index contributed by atoms with van der Waals surface area (Å²) in [5.74, 6) is -1.56. The van der Waals surface area contributed by atoms with Crippen LogP contribution in [-0.4, -0.2) is 11.9 Å². The third kappa shape index (κ3) is 4.33. The monoisotopic (exact) mass is 316 g/mol. The fourth-order valence-electron chi connectivity index (χ4n) is 2.14. The summed E-state index contributed by atoms with van der Waals surface area (Å²) in [6, 6.07) is 13.1. The SMILES string of the molecule is Cc1cccc(C(=O)NC(CC(=O)[O-])c2ccc(Cl)cc2)c1. The lowest BCUT2D eigenvalue weighted by Gasteiger charge is -2.20. The predicted octanol–water partition coefficient (Wildman–Crippen LogP) is 2.26. The zero-order valence-corrected chi connectivity index (χ0v) is 12.8. The first-order valence-electron chi connectivity index (χ1n) is 6.78. The number of hydrogen-bond acceptors (Lipinski definition) is 3. The lowest BCUT2D eigenvalue weighted by atomic mass is 10.0. The Morgan fingerprint density at radius 1 is 1.18 bits per heavy atom. The predicted molar refractivity (Wildman–Crippen MR) is 82.5 cm³/mol. The number of carbonyl (C=O) groups is 2. The maximum Gasteiger partial charge on any atom is 0.251 e. The van der Waals surface area contributed by atoms with E-state index < -0.39 is 12.0 Å². The van der Waals surface area contributed by atoms with Crippen LogP contribution in [0.15, 0.2) is 48.5 Å². The number of aryl methyl sites for hydroxylation is 1. The van der Waals surface area contributed by atoms with Crippen molar-refractivity contribution in [2.75, 3.05) is 0 Å². The Bertz CT molecular complexity index is 683. The number of hydrogen-bond donors (Lipinski definition) is 1. The molecule has 0 aliphatic carbocycles. The van der Waals surface area contributed by atoms with Gasteiger partial charge in [-0.1, -0.05) is 41.4 Å².